The summed E-state index contributed by atoms with van der Waals surface area (Å²) < 4.78 is 42.2. The van der Waals surface area contributed by atoms with Gasteiger partial charge in [0.2, 0.25) is 0 Å². The Morgan fingerprint density at radius 1 is 0.586 bits per heavy atom. The molecule has 0 aromatic rings. The van der Waals surface area contributed by atoms with Crippen LogP contribution in [0, 0.1) is 0 Å². The van der Waals surface area contributed by atoms with Gasteiger partial charge in [-0.1, -0.05) is 19.7 Å². The molecule has 0 aromatic carbocycles. The molecule has 0 N–H and O–H groups in total. The number of hydrogen-bond donors (Lipinski definition) is 0. The number of esters is 3. The first-order valence-electron chi connectivity index (χ1n) is 8.50. The fourth-order valence-electron chi connectivity index (χ4n) is 1.33. The van der Waals surface area contributed by atoms with E-state index in [0.717, 1.165) is 0 Å². The molecule has 0 rings (SSSR count). The number of carbonyl (C=O) groups excluding carboxylic acids is 3. The van der Waals surface area contributed by atoms with Gasteiger partial charge in [-0.2, -0.15) is 0 Å². The van der Waals surface area contributed by atoms with Gasteiger partial charge >= 0.3 is 25.7 Å². The second-order valence-corrected chi connectivity index (χ2v) is 7.36. The van der Waals surface area contributed by atoms with Crippen molar-refractivity contribution in [3.63, 3.8) is 0 Å². The molecule has 0 spiro atoms. The van der Waals surface area contributed by atoms with Crippen molar-refractivity contribution < 1.29 is 46.7 Å². The van der Waals surface area contributed by atoms with E-state index < -0.39 is 25.7 Å². The molecule has 0 radical (unpaired) electrons. The molecule has 0 saturated heterocycles. The van der Waals surface area contributed by atoms with Gasteiger partial charge in [0.1, 0.15) is 19.8 Å². The van der Waals surface area contributed by atoms with Crippen LogP contribution in [0.3, 0.4) is 0 Å². The molecule has 0 aromatic heterocycles. The molecule has 0 aliphatic heterocycles. The first-order chi connectivity index (χ1) is 13.5. The first-order valence-corrected chi connectivity index (χ1v) is 9.96. The number of rotatable bonds is 15. The van der Waals surface area contributed by atoms with E-state index in [1.165, 1.54) is 20.8 Å². The zero-order valence-electron chi connectivity index (χ0n) is 16.9. The van der Waals surface area contributed by atoms with Crippen LogP contribution in [0.1, 0.15) is 20.8 Å². The lowest BCUT2D eigenvalue weighted by Crippen LogP contribution is -2.15. The fourth-order valence-corrected chi connectivity index (χ4v) is 2.45. The lowest BCUT2D eigenvalue weighted by Gasteiger charge is -2.18. The Hall–Kier alpha value is -2.26. The van der Waals surface area contributed by atoms with E-state index in [4.69, 9.17) is 27.8 Å². The lowest BCUT2D eigenvalue weighted by molar-refractivity contribution is -0.140. The first kappa shape index (κ1) is 26.7. The van der Waals surface area contributed by atoms with E-state index in [1.54, 1.807) is 0 Å². The average molecular weight is 434 g/mol. The van der Waals surface area contributed by atoms with Gasteiger partial charge in [0, 0.05) is 16.7 Å². The van der Waals surface area contributed by atoms with E-state index in [1.807, 2.05) is 0 Å². The van der Waals surface area contributed by atoms with Crippen molar-refractivity contribution in [3.05, 3.63) is 36.5 Å². The van der Waals surface area contributed by atoms with E-state index in [2.05, 4.69) is 19.7 Å². The number of hydrogen-bond acceptors (Lipinski definition) is 10. The predicted molar refractivity (Wildman–Crippen MR) is 103 cm³/mol. The maximum absolute atomic E-state index is 12.6. The molecule has 0 heterocycles. The van der Waals surface area contributed by atoms with Gasteiger partial charge in [0.05, 0.1) is 19.8 Å². The topological polar surface area (TPSA) is 124 Å². The summed E-state index contributed by atoms with van der Waals surface area (Å²) in [6.45, 7) is 13.1. The highest BCUT2D eigenvalue weighted by Gasteiger charge is 2.27. The fraction of sp³-hybridized carbons (Fsp3) is 0.500. The highest BCUT2D eigenvalue weighted by atomic mass is 31.2. The van der Waals surface area contributed by atoms with E-state index >= 15 is 0 Å². The smallest absolute Gasteiger partial charge is 0.460 e. The molecular weight excluding hydrogens is 407 g/mol. The summed E-state index contributed by atoms with van der Waals surface area (Å²) in [4.78, 5) is 33.9. The van der Waals surface area contributed by atoms with Crippen LogP contribution in [-0.4, -0.2) is 57.5 Å². The van der Waals surface area contributed by atoms with E-state index in [0.29, 0.717) is 0 Å². The van der Waals surface area contributed by atoms with Crippen molar-refractivity contribution in [3.8, 4) is 0 Å². The summed E-state index contributed by atoms with van der Waals surface area (Å²) in [6.07, 6.45) is 0. The van der Waals surface area contributed by atoms with Gasteiger partial charge < -0.3 is 14.2 Å². The number of phosphoric ester groups is 1. The number of phosphoric acid groups is 1. The molecular formula is C18H27O10P. The maximum Gasteiger partial charge on any atom is 0.475 e. The molecule has 29 heavy (non-hydrogen) atoms. The summed E-state index contributed by atoms with van der Waals surface area (Å²) in [5.74, 6) is -1.91. The molecule has 0 aliphatic carbocycles. The Morgan fingerprint density at radius 3 is 1.03 bits per heavy atom. The Kier molecular flexibility index (Phi) is 12.8. The Morgan fingerprint density at radius 2 is 0.828 bits per heavy atom. The minimum Gasteiger partial charge on any atom is -0.460 e. The van der Waals surface area contributed by atoms with Crippen molar-refractivity contribution in [2.45, 2.75) is 20.8 Å². The largest absolute Gasteiger partial charge is 0.475 e. The second-order valence-electron chi connectivity index (χ2n) is 5.70. The highest BCUT2D eigenvalue weighted by Crippen LogP contribution is 2.49. The summed E-state index contributed by atoms with van der Waals surface area (Å²) in [5, 5.41) is 0. The van der Waals surface area contributed by atoms with Crippen molar-refractivity contribution in [2.24, 2.45) is 0 Å². The van der Waals surface area contributed by atoms with Crippen molar-refractivity contribution in [1.29, 1.82) is 0 Å². The Balaban J connectivity index is 4.56. The predicted octanol–water partition coefficient (Wildman–Crippen LogP) is 2.50. The van der Waals surface area contributed by atoms with Gasteiger partial charge in [-0.15, -0.1) is 0 Å². The minimum absolute atomic E-state index is 0.194. The van der Waals surface area contributed by atoms with Crippen LogP contribution in [0.15, 0.2) is 36.5 Å². The summed E-state index contributed by atoms with van der Waals surface area (Å²) in [7, 11) is -4.11. The van der Waals surface area contributed by atoms with Crippen LogP contribution < -0.4 is 0 Å². The van der Waals surface area contributed by atoms with Crippen molar-refractivity contribution in [1.82, 2.24) is 0 Å². The van der Waals surface area contributed by atoms with Crippen LogP contribution in [0.5, 0.6) is 0 Å². The minimum atomic E-state index is -4.11. The summed E-state index contributed by atoms with van der Waals surface area (Å²) in [6, 6.07) is 0. The number of carbonyl (C=O) groups is 3. The third kappa shape index (κ3) is 12.7. The standard InChI is InChI=1S/C18H27O10P/c1-13(2)16(19)23-7-10-26-29(22,27-11-8-24-17(20)14(3)4)28-12-9-25-18(21)15(5)6/h1,3,5,7-12H2,2,4,6H3. The molecule has 0 unspecified atom stereocenters. The average Bonchev–Trinajstić information content (AvgIpc) is 2.65. The van der Waals surface area contributed by atoms with Crippen LogP contribution in [0.4, 0.5) is 0 Å². The van der Waals surface area contributed by atoms with E-state index in [-0.39, 0.29) is 56.4 Å². The Labute approximate surface area is 170 Å². The molecule has 0 saturated carbocycles. The van der Waals surface area contributed by atoms with Crippen molar-refractivity contribution in [2.75, 3.05) is 39.6 Å². The lowest BCUT2D eigenvalue weighted by atomic mass is 10.4. The van der Waals surface area contributed by atoms with Crippen molar-refractivity contribution >= 4 is 25.7 Å². The number of ether oxygens (including phenoxy) is 3. The highest BCUT2D eigenvalue weighted by molar-refractivity contribution is 7.48. The molecule has 0 bridgehead atoms. The SMILES string of the molecule is C=C(C)C(=O)OCCOP(=O)(OCCOC(=O)C(=C)C)OCCOC(=O)C(=C)C. The molecule has 164 valence electrons. The molecule has 0 amide bonds. The van der Waals surface area contributed by atoms with Crippen LogP contribution in [0.2, 0.25) is 0 Å². The van der Waals surface area contributed by atoms with Gasteiger partial charge in [-0.3, -0.25) is 13.6 Å². The molecule has 0 atom stereocenters. The Bertz CT molecular complexity index is 592. The molecule has 0 fully saturated rings. The normalized spacial score (nSPS) is 10.7. The third-order valence-corrected chi connectivity index (χ3v) is 4.24. The van der Waals surface area contributed by atoms with Gasteiger partial charge in [0.25, 0.3) is 0 Å². The molecule has 11 heteroatoms. The van der Waals surface area contributed by atoms with Crippen LogP contribution in [0.25, 0.3) is 0 Å². The van der Waals surface area contributed by atoms with Gasteiger partial charge in [-0.25, -0.2) is 18.9 Å². The summed E-state index contributed by atoms with van der Waals surface area (Å²) in [5.41, 5.74) is 0.581. The zero-order valence-corrected chi connectivity index (χ0v) is 17.8. The second kappa shape index (κ2) is 13.8. The van der Waals surface area contributed by atoms with Crippen LogP contribution >= 0.6 is 7.82 Å². The maximum atomic E-state index is 12.6. The summed E-state index contributed by atoms with van der Waals surface area (Å²) >= 11 is 0. The molecule has 10 nitrogen and oxygen atoms in total. The van der Waals surface area contributed by atoms with Crippen LogP contribution in [-0.2, 0) is 46.7 Å². The van der Waals surface area contributed by atoms with Gasteiger partial charge in [0.15, 0.2) is 0 Å². The van der Waals surface area contributed by atoms with Gasteiger partial charge in [-0.05, 0) is 20.8 Å². The van der Waals surface area contributed by atoms with E-state index in [9.17, 15) is 18.9 Å². The third-order valence-electron chi connectivity index (χ3n) is 2.74. The molecule has 0 aliphatic rings. The quantitative estimate of drug-likeness (QED) is 0.125. The zero-order chi connectivity index (χ0) is 22.4. The monoisotopic (exact) mass is 434 g/mol.